The van der Waals surface area contributed by atoms with Crippen LogP contribution in [0.1, 0.15) is 17.2 Å². The molecule has 0 aliphatic rings. The van der Waals surface area contributed by atoms with Gasteiger partial charge in [0.15, 0.2) is 0 Å². The fraction of sp³-hybridized carbons (Fsp3) is 0.143. The lowest BCUT2D eigenvalue weighted by molar-refractivity contribution is 0.592. The highest BCUT2D eigenvalue weighted by atomic mass is 79.9. The third-order valence-corrected chi connectivity index (χ3v) is 4.26. The molecule has 0 aliphatic carbocycles. The summed E-state index contributed by atoms with van der Waals surface area (Å²) in [6, 6.07) is 10.1. The highest BCUT2D eigenvalue weighted by Crippen LogP contribution is 2.28. The molecule has 5 heteroatoms. The Labute approximate surface area is 133 Å². The van der Waals surface area contributed by atoms with Gasteiger partial charge in [0.25, 0.3) is 0 Å². The molecule has 2 aromatic carbocycles. The van der Waals surface area contributed by atoms with E-state index in [9.17, 15) is 4.39 Å². The maximum absolute atomic E-state index is 13.8. The van der Waals surface area contributed by atoms with E-state index >= 15 is 0 Å². The molecule has 0 radical (unpaired) electrons. The molecular formula is C14H11Br2ClFN. The molecule has 0 spiro atoms. The molecule has 0 amide bonds. The van der Waals surface area contributed by atoms with Crippen molar-refractivity contribution >= 4 is 43.5 Å². The Bertz CT molecular complexity index is 604. The molecule has 0 bridgehead atoms. The smallest absolute Gasteiger partial charge is 0.127 e. The van der Waals surface area contributed by atoms with Crippen molar-refractivity contribution in [1.29, 1.82) is 0 Å². The maximum Gasteiger partial charge on any atom is 0.127 e. The van der Waals surface area contributed by atoms with Crippen LogP contribution < -0.4 is 5.73 Å². The zero-order chi connectivity index (χ0) is 14.0. The van der Waals surface area contributed by atoms with Crippen LogP contribution in [0.5, 0.6) is 0 Å². The molecule has 2 aromatic rings. The average Bonchev–Trinajstić information content (AvgIpc) is 2.35. The number of hydrogen-bond acceptors (Lipinski definition) is 1. The van der Waals surface area contributed by atoms with Crippen molar-refractivity contribution in [2.75, 3.05) is 0 Å². The number of hydrogen-bond donors (Lipinski definition) is 1. The predicted octanol–water partition coefficient (Wildman–Crippen LogP) is 5.25. The highest BCUT2D eigenvalue weighted by Gasteiger charge is 2.14. The molecule has 19 heavy (non-hydrogen) atoms. The van der Waals surface area contributed by atoms with E-state index in [0.717, 1.165) is 10.0 Å². The van der Waals surface area contributed by atoms with Gasteiger partial charge >= 0.3 is 0 Å². The molecule has 0 aromatic heterocycles. The van der Waals surface area contributed by atoms with E-state index in [0.29, 0.717) is 21.5 Å². The number of nitrogens with two attached hydrogens (primary N) is 1. The summed E-state index contributed by atoms with van der Waals surface area (Å²) in [7, 11) is 0. The molecule has 1 atom stereocenters. The van der Waals surface area contributed by atoms with Gasteiger partial charge in [-0.1, -0.05) is 49.5 Å². The van der Waals surface area contributed by atoms with Crippen molar-refractivity contribution in [2.45, 2.75) is 12.5 Å². The average molecular weight is 408 g/mol. The summed E-state index contributed by atoms with van der Waals surface area (Å²) in [5.74, 6) is -0.261. The summed E-state index contributed by atoms with van der Waals surface area (Å²) in [4.78, 5) is 0. The fourth-order valence-electron chi connectivity index (χ4n) is 1.83. The van der Waals surface area contributed by atoms with Gasteiger partial charge in [-0.3, -0.25) is 0 Å². The molecule has 0 fully saturated rings. The topological polar surface area (TPSA) is 26.0 Å². The van der Waals surface area contributed by atoms with Gasteiger partial charge in [0.05, 0.1) is 0 Å². The van der Waals surface area contributed by atoms with E-state index < -0.39 is 0 Å². The number of halogens is 4. The van der Waals surface area contributed by atoms with Crippen LogP contribution in [0.15, 0.2) is 45.3 Å². The van der Waals surface area contributed by atoms with Gasteiger partial charge in [0.2, 0.25) is 0 Å². The Kier molecular flexibility index (Phi) is 5.01. The quantitative estimate of drug-likeness (QED) is 0.739. The minimum absolute atomic E-state index is 0.261. The minimum atomic E-state index is -0.316. The summed E-state index contributed by atoms with van der Waals surface area (Å²) >= 11 is 12.6. The Morgan fingerprint density at radius 2 is 1.89 bits per heavy atom. The third kappa shape index (κ3) is 3.78. The van der Waals surface area contributed by atoms with E-state index in [-0.39, 0.29) is 11.9 Å². The van der Waals surface area contributed by atoms with Gasteiger partial charge in [-0.25, -0.2) is 4.39 Å². The van der Waals surface area contributed by atoms with Crippen LogP contribution in [-0.4, -0.2) is 0 Å². The van der Waals surface area contributed by atoms with Crippen molar-refractivity contribution in [1.82, 2.24) is 0 Å². The summed E-state index contributed by atoms with van der Waals surface area (Å²) in [6.07, 6.45) is 0.415. The predicted molar refractivity (Wildman–Crippen MR) is 83.9 cm³/mol. The zero-order valence-corrected chi connectivity index (χ0v) is 13.8. The summed E-state index contributed by atoms with van der Waals surface area (Å²) < 4.78 is 15.4. The van der Waals surface area contributed by atoms with Crippen LogP contribution in [0.2, 0.25) is 5.02 Å². The lowest BCUT2D eigenvalue weighted by atomic mass is 9.99. The van der Waals surface area contributed by atoms with Gasteiger partial charge in [0, 0.05) is 20.0 Å². The number of rotatable bonds is 3. The third-order valence-electron chi connectivity index (χ3n) is 2.81. The Balaban J connectivity index is 2.25. The van der Waals surface area contributed by atoms with E-state index in [4.69, 9.17) is 17.3 Å². The maximum atomic E-state index is 13.8. The first-order chi connectivity index (χ1) is 8.97. The molecule has 0 aliphatic heterocycles. The lowest BCUT2D eigenvalue weighted by Gasteiger charge is -2.15. The van der Waals surface area contributed by atoms with Gasteiger partial charge in [0.1, 0.15) is 5.82 Å². The fourth-order valence-corrected chi connectivity index (χ4v) is 2.89. The molecule has 0 heterocycles. The van der Waals surface area contributed by atoms with E-state index in [1.54, 1.807) is 24.3 Å². The molecule has 1 nitrogen and oxygen atoms in total. The van der Waals surface area contributed by atoms with Crippen LogP contribution in [-0.2, 0) is 6.42 Å². The lowest BCUT2D eigenvalue weighted by Crippen LogP contribution is -2.14. The first-order valence-corrected chi connectivity index (χ1v) is 7.58. The van der Waals surface area contributed by atoms with Crippen LogP contribution in [0.3, 0.4) is 0 Å². The minimum Gasteiger partial charge on any atom is -0.324 e. The largest absolute Gasteiger partial charge is 0.324 e. The van der Waals surface area contributed by atoms with E-state index in [2.05, 4.69) is 31.9 Å². The summed E-state index contributed by atoms with van der Waals surface area (Å²) in [5, 5.41) is 0.616. The Hall–Kier alpha value is -0.420. The molecule has 2 rings (SSSR count). The van der Waals surface area contributed by atoms with Crippen LogP contribution in [0.25, 0.3) is 0 Å². The SMILES string of the molecule is NC(Cc1ccc(Br)cc1F)c1cc(Cl)ccc1Br. The second kappa shape index (κ2) is 6.35. The second-order valence-electron chi connectivity index (χ2n) is 4.21. The van der Waals surface area contributed by atoms with Crippen molar-refractivity contribution in [3.05, 3.63) is 67.3 Å². The van der Waals surface area contributed by atoms with Gasteiger partial charge in [-0.15, -0.1) is 0 Å². The van der Waals surface area contributed by atoms with E-state index in [1.165, 1.54) is 6.07 Å². The zero-order valence-electron chi connectivity index (χ0n) is 9.84. The van der Waals surface area contributed by atoms with Crippen molar-refractivity contribution in [3.8, 4) is 0 Å². The van der Waals surface area contributed by atoms with Crippen molar-refractivity contribution < 1.29 is 4.39 Å². The number of benzene rings is 2. The Morgan fingerprint density at radius 3 is 2.58 bits per heavy atom. The molecule has 2 N–H and O–H groups in total. The molecule has 0 saturated carbocycles. The summed E-state index contributed by atoms with van der Waals surface area (Å²) in [5.41, 5.74) is 7.59. The monoisotopic (exact) mass is 405 g/mol. The first kappa shape index (κ1) is 15.0. The van der Waals surface area contributed by atoms with Gasteiger partial charge in [-0.05, 0) is 47.9 Å². The second-order valence-corrected chi connectivity index (χ2v) is 6.42. The van der Waals surface area contributed by atoms with Gasteiger partial charge < -0.3 is 5.73 Å². The van der Waals surface area contributed by atoms with Gasteiger partial charge in [-0.2, -0.15) is 0 Å². The van der Waals surface area contributed by atoms with E-state index in [1.807, 2.05) is 6.07 Å². The summed E-state index contributed by atoms with van der Waals surface area (Å²) in [6.45, 7) is 0. The van der Waals surface area contributed by atoms with Crippen LogP contribution >= 0.6 is 43.5 Å². The van der Waals surface area contributed by atoms with Crippen LogP contribution in [0.4, 0.5) is 4.39 Å². The Morgan fingerprint density at radius 1 is 1.16 bits per heavy atom. The van der Waals surface area contributed by atoms with Crippen LogP contribution in [0, 0.1) is 5.82 Å². The molecule has 1 unspecified atom stereocenters. The normalized spacial score (nSPS) is 12.5. The standard InChI is InChI=1S/C14H11Br2ClFN/c15-9-2-1-8(13(18)6-9)5-14(19)11-7-10(17)3-4-12(11)16/h1-4,6-7,14H,5,19H2. The molecule has 0 saturated heterocycles. The van der Waals surface area contributed by atoms with Crippen molar-refractivity contribution in [3.63, 3.8) is 0 Å². The molecule has 100 valence electrons. The first-order valence-electron chi connectivity index (χ1n) is 5.62. The van der Waals surface area contributed by atoms with Crippen molar-refractivity contribution in [2.24, 2.45) is 5.73 Å². The highest BCUT2D eigenvalue weighted by molar-refractivity contribution is 9.10. The molecular weight excluding hydrogens is 396 g/mol.